The summed E-state index contributed by atoms with van der Waals surface area (Å²) in [6.07, 6.45) is -1.70. The van der Waals surface area contributed by atoms with Crippen molar-refractivity contribution in [1.82, 2.24) is 24.3 Å². The molecule has 1 saturated heterocycles. The topological polar surface area (TPSA) is 139 Å². The largest absolute Gasteiger partial charge is 0.416 e. The number of carbonyl (C=O) groups excluding carboxylic acids is 2. The second-order valence-corrected chi connectivity index (χ2v) is 9.58. The summed E-state index contributed by atoms with van der Waals surface area (Å²) in [5, 5.41) is 12.0. The molecule has 4 heterocycles. The highest BCUT2D eigenvalue weighted by atomic mass is 19.4. The summed E-state index contributed by atoms with van der Waals surface area (Å²) in [6.45, 7) is 2.44. The van der Waals surface area contributed by atoms with Crippen LogP contribution in [0.5, 0.6) is 0 Å². The van der Waals surface area contributed by atoms with E-state index in [1.165, 1.54) is 19.1 Å². The lowest BCUT2D eigenvalue weighted by molar-refractivity contribution is -0.140. The molecule has 1 aliphatic heterocycles. The fourth-order valence-electron chi connectivity index (χ4n) is 4.85. The third-order valence-electron chi connectivity index (χ3n) is 6.89. The van der Waals surface area contributed by atoms with Crippen LogP contribution >= 0.6 is 0 Å². The van der Waals surface area contributed by atoms with Crippen molar-refractivity contribution in [2.45, 2.75) is 38.0 Å². The number of aromatic nitrogens is 4. The number of nitrogens with two attached hydrogens (primary N) is 1. The average Bonchev–Trinajstić information content (AvgIpc) is 3.33. The van der Waals surface area contributed by atoms with Gasteiger partial charge in [-0.25, -0.2) is 15.0 Å². The van der Waals surface area contributed by atoms with Gasteiger partial charge >= 0.3 is 6.18 Å². The quantitative estimate of drug-likeness (QED) is 0.342. The lowest BCUT2D eigenvalue weighted by atomic mass is 9.92. The minimum absolute atomic E-state index is 0.0496. The Morgan fingerprint density at radius 1 is 1.07 bits per heavy atom. The number of alkyl halides is 3. The average molecular weight is 554 g/mol. The first-order valence-corrected chi connectivity index (χ1v) is 12.6. The lowest BCUT2D eigenvalue weighted by Gasteiger charge is -2.32. The van der Waals surface area contributed by atoms with Gasteiger partial charge in [0.1, 0.15) is 17.7 Å². The van der Waals surface area contributed by atoms with Crippen LogP contribution in [0.2, 0.25) is 0 Å². The number of nitrogen functional groups attached to an aromatic ring is 1. The van der Waals surface area contributed by atoms with Crippen LogP contribution in [0.1, 0.15) is 47.3 Å². The zero-order chi connectivity index (χ0) is 28.6. The standard InChI is InChI=1S/C27H26F3N7O3/c1-15(38)25(40)36-12-8-16(9-13-36)22-20-7-11-33-26(31)37(20)23(35-22)17-2-4-18(5-3-17)24(39)34-21-14-19(6-10-32-21)27(28,29)30/h2-7,10-11,14-16,38H,8-9,12-13H2,1H3,(H2,31,33)(H,32,34,39)/t15-/m0/s1. The zero-order valence-corrected chi connectivity index (χ0v) is 21.4. The monoisotopic (exact) mass is 553 g/mol. The molecule has 1 aliphatic rings. The number of aliphatic hydroxyl groups is 1. The van der Waals surface area contributed by atoms with Crippen LogP contribution in [-0.2, 0) is 11.0 Å². The van der Waals surface area contributed by atoms with E-state index in [2.05, 4.69) is 15.3 Å². The van der Waals surface area contributed by atoms with Crippen LogP contribution < -0.4 is 11.1 Å². The number of nitrogens with zero attached hydrogens (tertiary/aromatic N) is 5. The van der Waals surface area contributed by atoms with Crippen molar-refractivity contribution >= 4 is 29.1 Å². The van der Waals surface area contributed by atoms with Crippen molar-refractivity contribution in [3.8, 4) is 11.4 Å². The number of fused-ring (bicyclic) bond motifs is 1. The molecule has 1 fully saturated rings. The molecule has 4 aromatic rings. The van der Waals surface area contributed by atoms with Crippen molar-refractivity contribution in [1.29, 1.82) is 0 Å². The molecule has 13 heteroatoms. The highest BCUT2D eigenvalue weighted by Gasteiger charge is 2.31. The van der Waals surface area contributed by atoms with Gasteiger partial charge in [0.2, 0.25) is 5.95 Å². The van der Waals surface area contributed by atoms with E-state index in [-0.39, 0.29) is 29.2 Å². The minimum atomic E-state index is -4.56. The van der Waals surface area contributed by atoms with Gasteiger partial charge in [0.05, 0.1) is 16.8 Å². The van der Waals surface area contributed by atoms with E-state index in [0.717, 1.165) is 29.5 Å². The van der Waals surface area contributed by atoms with Gasteiger partial charge in [0, 0.05) is 42.5 Å². The third-order valence-corrected chi connectivity index (χ3v) is 6.89. The predicted molar refractivity (Wildman–Crippen MR) is 140 cm³/mol. The molecule has 0 aliphatic carbocycles. The number of carbonyl (C=O) groups is 2. The number of imidazole rings is 1. The maximum absolute atomic E-state index is 13.0. The first-order valence-electron chi connectivity index (χ1n) is 12.6. The van der Waals surface area contributed by atoms with Gasteiger partial charge in [-0.05, 0) is 50.1 Å². The molecule has 0 unspecified atom stereocenters. The number of hydrogen-bond donors (Lipinski definition) is 3. The van der Waals surface area contributed by atoms with Gasteiger partial charge in [0.25, 0.3) is 11.8 Å². The molecule has 208 valence electrons. The molecular formula is C27H26F3N7O3. The first kappa shape index (κ1) is 27.1. The van der Waals surface area contributed by atoms with E-state index in [4.69, 9.17) is 10.7 Å². The Morgan fingerprint density at radius 2 is 1.75 bits per heavy atom. The van der Waals surface area contributed by atoms with Crippen LogP contribution in [0.3, 0.4) is 0 Å². The summed E-state index contributed by atoms with van der Waals surface area (Å²) < 4.78 is 40.7. The van der Waals surface area contributed by atoms with Crippen LogP contribution in [0.25, 0.3) is 16.9 Å². The van der Waals surface area contributed by atoms with Crippen molar-refractivity contribution < 1.29 is 27.9 Å². The van der Waals surface area contributed by atoms with Gasteiger partial charge in [-0.1, -0.05) is 12.1 Å². The van der Waals surface area contributed by atoms with E-state index in [1.54, 1.807) is 27.6 Å². The van der Waals surface area contributed by atoms with Gasteiger partial charge in [-0.15, -0.1) is 0 Å². The first-order chi connectivity index (χ1) is 19.0. The Balaban J connectivity index is 1.39. The zero-order valence-electron chi connectivity index (χ0n) is 21.4. The van der Waals surface area contributed by atoms with Crippen molar-refractivity contribution in [3.05, 3.63) is 71.7 Å². The molecule has 0 spiro atoms. The number of anilines is 2. The number of rotatable bonds is 5. The van der Waals surface area contributed by atoms with Crippen molar-refractivity contribution in [2.24, 2.45) is 0 Å². The Bertz CT molecular complexity index is 1560. The Kier molecular flexibility index (Phi) is 7.15. The van der Waals surface area contributed by atoms with Gasteiger partial charge in [0.15, 0.2) is 0 Å². The summed E-state index contributed by atoms with van der Waals surface area (Å²) in [5.41, 5.74) is 7.76. The van der Waals surface area contributed by atoms with Crippen LogP contribution in [0.4, 0.5) is 24.9 Å². The molecule has 3 aromatic heterocycles. The number of piperidine rings is 1. The highest BCUT2D eigenvalue weighted by molar-refractivity contribution is 6.04. The summed E-state index contributed by atoms with van der Waals surface area (Å²) in [6, 6.07) is 9.82. The summed E-state index contributed by atoms with van der Waals surface area (Å²) in [5.74, 6) is -0.335. The maximum atomic E-state index is 13.0. The van der Waals surface area contributed by atoms with E-state index in [9.17, 15) is 27.9 Å². The minimum Gasteiger partial charge on any atom is -0.384 e. The number of likely N-dealkylation sites (tertiary alicyclic amines) is 1. The van der Waals surface area contributed by atoms with Gasteiger partial charge < -0.3 is 21.1 Å². The number of halogens is 3. The molecule has 0 saturated carbocycles. The van der Waals surface area contributed by atoms with Crippen LogP contribution in [0, 0.1) is 0 Å². The molecule has 2 amide bonds. The van der Waals surface area contributed by atoms with Gasteiger partial charge in [-0.2, -0.15) is 13.2 Å². The van der Waals surface area contributed by atoms with Crippen LogP contribution in [0.15, 0.2) is 54.9 Å². The van der Waals surface area contributed by atoms with Crippen molar-refractivity contribution in [3.63, 3.8) is 0 Å². The molecule has 1 aromatic carbocycles. The fourth-order valence-corrected chi connectivity index (χ4v) is 4.85. The second kappa shape index (κ2) is 10.6. The van der Waals surface area contributed by atoms with Gasteiger partial charge in [-0.3, -0.25) is 14.0 Å². The Morgan fingerprint density at radius 3 is 2.40 bits per heavy atom. The van der Waals surface area contributed by atoms with E-state index in [1.807, 2.05) is 6.07 Å². The Hall–Kier alpha value is -4.52. The molecule has 0 bridgehead atoms. The molecule has 4 N–H and O–H groups in total. The molecule has 5 rings (SSSR count). The number of pyridine rings is 1. The summed E-state index contributed by atoms with van der Waals surface area (Å²) in [7, 11) is 0. The number of hydrogen-bond acceptors (Lipinski definition) is 7. The maximum Gasteiger partial charge on any atom is 0.416 e. The normalized spacial score (nSPS) is 15.3. The molecule has 0 radical (unpaired) electrons. The highest BCUT2D eigenvalue weighted by Crippen LogP contribution is 2.35. The number of benzene rings is 1. The fraction of sp³-hybridized carbons (Fsp3) is 0.296. The Labute approximate surface area is 226 Å². The summed E-state index contributed by atoms with van der Waals surface area (Å²) in [4.78, 5) is 39.4. The van der Waals surface area contributed by atoms with E-state index >= 15 is 0 Å². The predicted octanol–water partition coefficient (Wildman–Crippen LogP) is 3.73. The number of aliphatic hydroxyl groups excluding tert-OH is 1. The number of amides is 2. The molecule has 10 nitrogen and oxygen atoms in total. The summed E-state index contributed by atoms with van der Waals surface area (Å²) >= 11 is 0. The van der Waals surface area contributed by atoms with Crippen LogP contribution in [-0.4, -0.2) is 60.4 Å². The van der Waals surface area contributed by atoms with Crippen molar-refractivity contribution in [2.75, 3.05) is 24.1 Å². The molecule has 40 heavy (non-hydrogen) atoms. The lowest BCUT2D eigenvalue weighted by Crippen LogP contribution is -2.42. The molecular weight excluding hydrogens is 527 g/mol. The van der Waals surface area contributed by atoms with E-state index < -0.39 is 23.8 Å². The smallest absolute Gasteiger partial charge is 0.384 e. The SMILES string of the molecule is C[C@H](O)C(=O)N1CCC(c2nc(-c3ccc(C(=O)Nc4cc(C(F)(F)F)ccn4)cc3)n3c(N)nccc23)CC1. The third kappa shape index (κ3) is 5.32. The number of nitrogens with one attached hydrogen (secondary N) is 1. The van der Waals surface area contributed by atoms with E-state index in [0.29, 0.717) is 37.3 Å². The second-order valence-electron chi connectivity index (χ2n) is 9.58. The molecule has 1 atom stereocenters.